The first-order valence-corrected chi connectivity index (χ1v) is 9.92. The largest absolute Gasteiger partial charge is 0.456 e. The quantitative estimate of drug-likeness (QED) is 0.527. The van der Waals surface area contributed by atoms with E-state index in [1.54, 1.807) is 0 Å². The molecular weight excluding hydrogens is 363 g/mol. The molecular formula is C23H22F3NO. The molecule has 2 nitrogen and oxygen atoms in total. The normalized spacial score (nSPS) is 19.8. The molecule has 146 valence electrons. The molecule has 0 unspecified atom stereocenters. The van der Waals surface area contributed by atoms with Crippen molar-refractivity contribution < 1.29 is 17.9 Å². The second-order valence-electron chi connectivity index (χ2n) is 8.03. The zero-order valence-electron chi connectivity index (χ0n) is 15.6. The minimum Gasteiger partial charge on any atom is -0.456 e. The minimum atomic E-state index is -4.37. The second kappa shape index (κ2) is 6.66. The lowest BCUT2D eigenvalue weighted by Crippen LogP contribution is -2.32. The molecule has 0 atom stereocenters. The average molecular weight is 385 g/mol. The van der Waals surface area contributed by atoms with E-state index in [4.69, 9.17) is 4.74 Å². The van der Waals surface area contributed by atoms with E-state index in [1.807, 2.05) is 24.3 Å². The van der Waals surface area contributed by atoms with Gasteiger partial charge in [0.15, 0.2) is 0 Å². The number of hydrogen-bond donors (Lipinski definition) is 0. The third-order valence-corrected chi connectivity index (χ3v) is 5.98. The maximum Gasteiger partial charge on any atom is 0.416 e. The zero-order valence-corrected chi connectivity index (χ0v) is 15.6. The fraction of sp³-hybridized carbons (Fsp3) is 0.391. The van der Waals surface area contributed by atoms with Crippen LogP contribution in [0.5, 0.6) is 11.5 Å². The van der Waals surface area contributed by atoms with E-state index < -0.39 is 11.7 Å². The van der Waals surface area contributed by atoms with Crippen LogP contribution in [0.2, 0.25) is 0 Å². The summed E-state index contributed by atoms with van der Waals surface area (Å²) < 4.78 is 46.0. The fourth-order valence-electron chi connectivity index (χ4n) is 4.32. The number of benzene rings is 2. The number of alkyl halides is 3. The van der Waals surface area contributed by atoms with Gasteiger partial charge in [-0.05, 0) is 61.4 Å². The Kier molecular flexibility index (Phi) is 4.23. The highest BCUT2D eigenvalue weighted by Gasteiger charge is 2.34. The SMILES string of the molecule is FC(F)(F)c1ccc2c(c1)C(=C1CCN(CC3CC3)CC1)c1ccccc1O2. The van der Waals surface area contributed by atoms with Crippen molar-refractivity contribution in [2.75, 3.05) is 19.6 Å². The highest BCUT2D eigenvalue weighted by molar-refractivity contribution is 5.90. The molecule has 2 heterocycles. The molecule has 3 aliphatic rings. The Labute approximate surface area is 162 Å². The topological polar surface area (TPSA) is 12.5 Å². The molecule has 2 aromatic rings. The van der Waals surface area contributed by atoms with Crippen LogP contribution in [-0.2, 0) is 6.18 Å². The van der Waals surface area contributed by atoms with Gasteiger partial charge in [0.1, 0.15) is 11.5 Å². The summed E-state index contributed by atoms with van der Waals surface area (Å²) in [6, 6.07) is 11.5. The molecule has 2 aliphatic heterocycles. The van der Waals surface area contributed by atoms with Crippen LogP contribution in [0.15, 0.2) is 48.0 Å². The van der Waals surface area contributed by atoms with E-state index in [0.29, 0.717) is 11.3 Å². The number of hydrogen-bond acceptors (Lipinski definition) is 2. The van der Waals surface area contributed by atoms with Crippen LogP contribution in [0.25, 0.3) is 5.57 Å². The van der Waals surface area contributed by atoms with Crippen molar-refractivity contribution in [3.8, 4) is 11.5 Å². The van der Waals surface area contributed by atoms with Gasteiger partial charge in [0.05, 0.1) is 5.56 Å². The van der Waals surface area contributed by atoms with Gasteiger partial charge in [-0.2, -0.15) is 13.2 Å². The maximum atomic E-state index is 13.3. The molecule has 28 heavy (non-hydrogen) atoms. The third kappa shape index (κ3) is 3.32. The lowest BCUT2D eigenvalue weighted by molar-refractivity contribution is -0.137. The number of halogens is 3. The molecule has 0 aromatic heterocycles. The predicted molar refractivity (Wildman–Crippen MR) is 102 cm³/mol. The van der Waals surface area contributed by atoms with Gasteiger partial charge in [-0.3, -0.25) is 0 Å². The van der Waals surface area contributed by atoms with E-state index in [0.717, 1.165) is 61.3 Å². The number of para-hydroxylation sites is 1. The summed E-state index contributed by atoms with van der Waals surface area (Å²) in [6.07, 6.45) is 0.0963. The Morgan fingerprint density at radius 3 is 2.36 bits per heavy atom. The van der Waals surface area contributed by atoms with Gasteiger partial charge in [0.2, 0.25) is 0 Å². The van der Waals surface area contributed by atoms with Crippen LogP contribution in [0.1, 0.15) is 42.4 Å². The summed E-state index contributed by atoms with van der Waals surface area (Å²) in [5.41, 5.74) is 3.02. The van der Waals surface area contributed by atoms with E-state index >= 15 is 0 Å². The van der Waals surface area contributed by atoms with Crippen molar-refractivity contribution in [3.63, 3.8) is 0 Å². The lowest BCUT2D eigenvalue weighted by Gasteiger charge is -2.32. The number of piperidine rings is 1. The van der Waals surface area contributed by atoms with Crippen LogP contribution in [0.4, 0.5) is 13.2 Å². The summed E-state index contributed by atoms with van der Waals surface area (Å²) in [4.78, 5) is 2.50. The molecule has 0 radical (unpaired) electrons. The van der Waals surface area contributed by atoms with E-state index in [1.165, 1.54) is 30.5 Å². The van der Waals surface area contributed by atoms with Crippen molar-refractivity contribution in [2.24, 2.45) is 5.92 Å². The number of likely N-dealkylation sites (tertiary alicyclic amines) is 1. The first-order chi connectivity index (χ1) is 13.5. The molecule has 1 saturated carbocycles. The summed E-state index contributed by atoms with van der Waals surface area (Å²) in [5, 5.41) is 0. The van der Waals surface area contributed by atoms with E-state index in [2.05, 4.69) is 4.90 Å². The monoisotopic (exact) mass is 385 g/mol. The van der Waals surface area contributed by atoms with Crippen LogP contribution >= 0.6 is 0 Å². The highest BCUT2D eigenvalue weighted by Crippen LogP contribution is 2.48. The van der Waals surface area contributed by atoms with Gasteiger partial charge in [0, 0.05) is 30.8 Å². The Hall–Kier alpha value is -2.27. The number of fused-ring (bicyclic) bond motifs is 2. The molecule has 0 amide bonds. The Bertz CT molecular complexity index is 933. The van der Waals surface area contributed by atoms with Gasteiger partial charge in [-0.25, -0.2) is 0 Å². The first-order valence-electron chi connectivity index (χ1n) is 9.92. The lowest BCUT2D eigenvalue weighted by atomic mass is 9.85. The van der Waals surface area contributed by atoms with Crippen LogP contribution in [0, 0.1) is 5.92 Å². The van der Waals surface area contributed by atoms with Crippen LogP contribution in [-0.4, -0.2) is 24.5 Å². The second-order valence-corrected chi connectivity index (χ2v) is 8.03. The van der Waals surface area contributed by atoms with Gasteiger partial charge >= 0.3 is 6.18 Å². The molecule has 0 N–H and O–H groups in total. The summed E-state index contributed by atoms with van der Waals surface area (Å²) in [7, 11) is 0. The average Bonchev–Trinajstić information content (AvgIpc) is 3.50. The van der Waals surface area contributed by atoms with E-state index in [-0.39, 0.29) is 0 Å². The molecule has 2 aromatic carbocycles. The fourth-order valence-corrected chi connectivity index (χ4v) is 4.32. The highest BCUT2D eigenvalue weighted by atomic mass is 19.4. The number of nitrogens with zero attached hydrogens (tertiary/aromatic N) is 1. The third-order valence-electron chi connectivity index (χ3n) is 5.98. The summed E-state index contributed by atoms with van der Waals surface area (Å²) in [5.74, 6) is 2.08. The Morgan fingerprint density at radius 2 is 1.64 bits per heavy atom. The minimum absolute atomic E-state index is 0.509. The van der Waals surface area contributed by atoms with Crippen molar-refractivity contribution in [3.05, 3.63) is 64.7 Å². The van der Waals surface area contributed by atoms with Crippen LogP contribution in [0.3, 0.4) is 0 Å². The molecule has 5 heteroatoms. The first kappa shape index (κ1) is 17.8. The Morgan fingerprint density at radius 1 is 0.929 bits per heavy atom. The van der Waals surface area contributed by atoms with Gasteiger partial charge in [-0.15, -0.1) is 0 Å². The maximum absolute atomic E-state index is 13.3. The number of rotatable bonds is 2. The predicted octanol–water partition coefficient (Wildman–Crippen LogP) is 6.12. The molecule has 1 saturated heterocycles. The Balaban J connectivity index is 1.56. The molecule has 2 fully saturated rings. The molecule has 0 bridgehead atoms. The van der Waals surface area contributed by atoms with Crippen LogP contribution < -0.4 is 4.74 Å². The van der Waals surface area contributed by atoms with Crippen molar-refractivity contribution in [1.29, 1.82) is 0 Å². The van der Waals surface area contributed by atoms with E-state index in [9.17, 15) is 13.2 Å². The molecule has 1 aliphatic carbocycles. The van der Waals surface area contributed by atoms with Crippen molar-refractivity contribution in [1.82, 2.24) is 4.90 Å². The summed E-state index contributed by atoms with van der Waals surface area (Å²) >= 11 is 0. The number of ether oxygens (including phenoxy) is 1. The van der Waals surface area contributed by atoms with Crippen molar-refractivity contribution in [2.45, 2.75) is 31.9 Å². The van der Waals surface area contributed by atoms with Gasteiger partial charge in [0.25, 0.3) is 0 Å². The zero-order chi connectivity index (χ0) is 19.3. The molecule has 5 rings (SSSR count). The summed E-state index contributed by atoms with van der Waals surface area (Å²) in [6.45, 7) is 3.12. The molecule has 0 spiro atoms. The van der Waals surface area contributed by atoms with Gasteiger partial charge in [-0.1, -0.05) is 23.8 Å². The smallest absolute Gasteiger partial charge is 0.416 e. The van der Waals surface area contributed by atoms with Gasteiger partial charge < -0.3 is 9.64 Å². The van der Waals surface area contributed by atoms with Crippen molar-refractivity contribution >= 4 is 5.57 Å². The standard InChI is InChI=1S/C23H22F3NO/c24-23(25,26)17-7-8-21-19(13-17)22(18-3-1-2-4-20(18)28-21)16-9-11-27(12-10-16)14-15-5-6-15/h1-4,7-8,13,15H,5-6,9-12,14H2.